The summed E-state index contributed by atoms with van der Waals surface area (Å²) < 4.78 is 65.6. The fraction of sp³-hybridized carbons (Fsp3) is 0.625. The van der Waals surface area contributed by atoms with Crippen molar-refractivity contribution < 1.29 is 50.9 Å². The highest BCUT2D eigenvalue weighted by molar-refractivity contribution is 7.91. The Hall–Kier alpha value is -4.67. The zero-order valence-electron chi connectivity index (χ0n) is 33.6. The van der Waals surface area contributed by atoms with Crippen molar-refractivity contribution in [3.05, 3.63) is 36.2 Å². The van der Waals surface area contributed by atoms with Crippen LogP contribution in [0, 0.1) is 11.7 Å². The van der Waals surface area contributed by atoms with Crippen molar-refractivity contribution in [1.29, 1.82) is 0 Å². The van der Waals surface area contributed by atoms with Gasteiger partial charge in [0.05, 0.1) is 24.5 Å². The smallest absolute Gasteiger partial charge is 0.408 e. The van der Waals surface area contributed by atoms with Gasteiger partial charge in [-0.05, 0) is 92.2 Å². The molecule has 312 valence electrons. The summed E-state index contributed by atoms with van der Waals surface area (Å²) in [5.41, 5.74) is -2.27. The van der Waals surface area contributed by atoms with Gasteiger partial charge in [-0.15, -0.1) is 0 Å². The van der Waals surface area contributed by atoms with Gasteiger partial charge in [-0.3, -0.25) is 19.1 Å². The van der Waals surface area contributed by atoms with Gasteiger partial charge in [0.1, 0.15) is 40.6 Å². The van der Waals surface area contributed by atoms with E-state index in [4.69, 9.17) is 18.9 Å². The predicted molar refractivity (Wildman–Crippen MR) is 208 cm³/mol. The Labute approximate surface area is 332 Å². The first-order valence-corrected chi connectivity index (χ1v) is 21.1. The Morgan fingerprint density at radius 1 is 1.12 bits per heavy atom. The van der Waals surface area contributed by atoms with Gasteiger partial charge in [-0.1, -0.05) is 25.0 Å². The third-order valence-electron chi connectivity index (χ3n) is 10.8. The molecule has 2 aliphatic heterocycles. The number of carbonyl (C=O) groups excluding carboxylic acids is 4. The number of carbonyl (C=O) groups is 4. The number of nitrogens with zero attached hydrogens (tertiary/aromatic N) is 2. The van der Waals surface area contributed by atoms with E-state index < -0.39 is 79.6 Å². The molecule has 2 saturated carbocycles. The first-order chi connectivity index (χ1) is 26.8. The fourth-order valence-electron chi connectivity index (χ4n) is 7.36. The third-order valence-corrected chi connectivity index (χ3v) is 13.0. The number of allylic oxidation sites excluding steroid dienone is 1. The molecule has 3 N–H and O–H groups in total. The molecule has 3 heterocycles. The molecule has 6 rings (SSSR count). The van der Waals surface area contributed by atoms with Gasteiger partial charge < -0.3 is 34.5 Å². The molecular formula is C40H54FN5O10S. The van der Waals surface area contributed by atoms with Crippen molar-refractivity contribution in [2.45, 2.75) is 140 Å². The zero-order chi connectivity index (χ0) is 41.5. The second kappa shape index (κ2) is 15.9. The highest BCUT2D eigenvalue weighted by atomic mass is 32.2. The molecule has 15 nitrogen and oxygen atoms in total. The summed E-state index contributed by atoms with van der Waals surface area (Å²) in [6, 6.07) is 1.99. The van der Waals surface area contributed by atoms with E-state index in [1.165, 1.54) is 24.1 Å². The maximum atomic E-state index is 14.9. The molecule has 0 radical (unpaired) electrons. The lowest BCUT2D eigenvalue weighted by molar-refractivity contribution is -0.141. The molecule has 17 heteroatoms. The van der Waals surface area contributed by atoms with Crippen LogP contribution in [-0.2, 0) is 29.1 Å². The van der Waals surface area contributed by atoms with Crippen LogP contribution >= 0.6 is 0 Å². The Bertz CT molecular complexity index is 2050. The Balaban J connectivity index is 1.36. The quantitative estimate of drug-likeness (QED) is 0.295. The Morgan fingerprint density at radius 3 is 2.53 bits per heavy atom. The molecule has 0 spiro atoms. The van der Waals surface area contributed by atoms with Gasteiger partial charge in [0.15, 0.2) is 11.6 Å². The van der Waals surface area contributed by atoms with Crippen LogP contribution in [0.15, 0.2) is 30.4 Å². The molecule has 57 heavy (non-hydrogen) atoms. The first-order valence-electron chi connectivity index (χ1n) is 19.6. The molecule has 2 aromatic rings. The number of pyridine rings is 1. The van der Waals surface area contributed by atoms with Crippen LogP contribution in [0.4, 0.5) is 9.18 Å². The van der Waals surface area contributed by atoms with E-state index in [2.05, 4.69) is 20.3 Å². The molecule has 0 bridgehead atoms. The Morgan fingerprint density at radius 2 is 1.86 bits per heavy atom. The van der Waals surface area contributed by atoms with Crippen LogP contribution in [0.3, 0.4) is 0 Å². The van der Waals surface area contributed by atoms with Crippen LogP contribution in [0.1, 0.15) is 99.3 Å². The molecule has 1 saturated heterocycles. The number of sulfonamides is 1. The van der Waals surface area contributed by atoms with Crippen molar-refractivity contribution in [1.82, 2.24) is 25.2 Å². The second-order valence-electron chi connectivity index (χ2n) is 17.0. The number of fused-ring (bicyclic) bond motifs is 3. The maximum Gasteiger partial charge on any atom is 0.408 e. The van der Waals surface area contributed by atoms with Crippen molar-refractivity contribution in [3.8, 4) is 17.4 Å². The number of rotatable bonds is 9. The van der Waals surface area contributed by atoms with E-state index in [-0.39, 0.29) is 54.8 Å². The lowest BCUT2D eigenvalue weighted by atomic mass is 10.0. The highest BCUT2D eigenvalue weighted by Crippen LogP contribution is 2.48. The van der Waals surface area contributed by atoms with Crippen LogP contribution in [-0.4, -0.2) is 95.9 Å². The molecular weight excluding hydrogens is 762 g/mol. The number of alkyl carbamates (subject to hydrolysis) is 1. The summed E-state index contributed by atoms with van der Waals surface area (Å²) in [5, 5.41) is 5.97. The largest absolute Gasteiger partial charge is 0.491 e. The maximum absolute atomic E-state index is 14.9. The minimum absolute atomic E-state index is 0.0478. The second-order valence-corrected chi connectivity index (χ2v) is 19.2. The van der Waals surface area contributed by atoms with E-state index in [1.54, 1.807) is 47.6 Å². The third kappa shape index (κ3) is 9.23. The predicted octanol–water partition coefficient (Wildman–Crippen LogP) is 4.81. The number of aromatic nitrogens is 1. The number of methoxy groups -OCH3 is 1. The van der Waals surface area contributed by atoms with Crippen molar-refractivity contribution in [2.24, 2.45) is 5.92 Å². The van der Waals surface area contributed by atoms with Crippen LogP contribution in [0.2, 0.25) is 0 Å². The molecule has 1 unspecified atom stereocenters. The molecule has 1 aromatic heterocycles. The van der Waals surface area contributed by atoms with Crippen molar-refractivity contribution >= 4 is 44.7 Å². The number of nitrogens with one attached hydrogen (secondary N) is 3. The number of ether oxygens (including phenoxy) is 4. The van der Waals surface area contributed by atoms with Crippen LogP contribution < -0.4 is 29.6 Å². The van der Waals surface area contributed by atoms with Crippen molar-refractivity contribution in [3.63, 3.8) is 0 Å². The molecule has 4 amide bonds. The number of benzene rings is 1. The lowest BCUT2D eigenvalue weighted by Crippen LogP contribution is -2.58. The molecule has 5 atom stereocenters. The SMILES string of the molecule is COc1c(F)ccc2c(O[C@@H]3C[C@H]4C(=O)N[C@]5(C(=O)NS(=O)(=O)C6(C)CC6)CC5/C=C\CCCCC[C@H](NC(=O)OC(C)(C)C)C(=O)N4C3)cc(OC(C)C)nc12. The lowest BCUT2D eigenvalue weighted by Gasteiger charge is -2.30. The van der Waals surface area contributed by atoms with Gasteiger partial charge in [0, 0.05) is 23.8 Å². The van der Waals surface area contributed by atoms with Gasteiger partial charge in [0.25, 0.3) is 5.91 Å². The zero-order valence-corrected chi connectivity index (χ0v) is 34.4. The fourth-order valence-corrected chi connectivity index (χ4v) is 8.67. The molecule has 3 fully saturated rings. The standard InChI is InChI=1S/C40H54FN5O10S/c1-23(2)54-31-20-30(26-15-16-27(41)33(53-7)32(26)43-31)55-25-19-29-34(47)44-40(36(49)45-57(51,52)39(6)17-18-39)21-24(40)13-11-9-8-10-12-14-28(35(48)46(29)22-25)42-37(50)56-38(3,4)5/h11,13,15-16,20,23-25,28-29H,8-10,12,14,17-19,21-22H2,1-7H3,(H,42,50)(H,44,47)(H,45,49)/b13-11-/t24?,25-,28+,29+,40-/m1/s1. The summed E-state index contributed by atoms with van der Waals surface area (Å²) in [4.78, 5) is 61.8. The summed E-state index contributed by atoms with van der Waals surface area (Å²) in [6.07, 6.45) is 5.78. The molecule has 4 aliphatic rings. The van der Waals surface area contributed by atoms with Gasteiger partial charge in [-0.2, -0.15) is 0 Å². The van der Waals surface area contributed by atoms with E-state index in [0.717, 1.165) is 12.8 Å². The van der Waals surface area contributed by atoms with Gasteiger partial charge >= 0.3 is 6.09 Å². The number of hydrogen-bond acceptors (Lipinski definition) is 11. The summed E-state index contributed by atoms with van der Waals surface area (Å²) in [7, 11) is -2.71. The number of hydrogen-bond donors (Lipinski definition) is 3. The summed E-state index contributed by atoms with van der Waals surface area (Å²) in [6.45, 7) is 10.2. The number of amides is 4. The van der Waals surface area contributed by atoms with Gasteiger partial charge in [-0.25, -0.2) is 22.6 Å². The van der Waals surface area contributed by atoms with Crippen LogP contribution in [0.25, 0.3) is 10.9 Å². The van der Waals surface area contributed by atoms with E-state index in [9.17, 15) is 32.0 Å². The normalized spacial score (nSPS) is 26.9. The summed E-state index contributed by atoms with van der Waals surface area (Å²) in [5.74, 6) is -2.95. The van der Waals surface area contributed by atoms with Crippen LogP contribution in [0.5, 0.6) is 17.4 Å². The average Bonchev–Trinajstić information content (AvgIpc) is 3.99. The minimum atomic E-state index is -4.03. The molecule has 2 aliphatic carbocycles. The summed E-state index contributed by atoms with van der Waals surface area (Å²) >= 11 is 0. The highest BCUT2D eigenvalue weighted by Gasteiger charge is 2.63. The topological polar surface area (TPSA) is 192 Å². The van der Waals surface area contributed by atoms with E-state index in [1.807, 2.05) is 12.2 Å². The average molecular weight is 816 g/mol. The Kier molecular flexibility index (Phi) is 11.7. The minimum Gasteiger partial charge on any atom is -0.491 e. The monoisotopic (exact) mass is 815 g/mol. The van der Waals surface area contributed by atoms with Crippen molar-refractivity contribution in [2.75, 3.05) is 13.7 Å². The van der Waals surface area contributed by atoms with E-state index in [0.29, 0.717) is 31.1 Å². The van der Waals surface area contributed by atoms with E-state index >= 15 is 0 Å². The molecule has 1 aromatic carbocycles. The first kappa shape index (κ1) is 41.9. The number of halogens is 1. The van der Waals surface area contributed by atoms with Gasteiger partial charge in [0.2, 0.25) is 27.7 Å².